The summed E-state index contributed by atoms with van der Waals surface area (Å²) in [4.78, 5) is 24.1. The molecule has 2 aliphatic heterocycles. The number of hydrogen-bond donors (Lipinski definition) is 0. The fourth-order valence-corrected chi connectivity index (χ4v) is 2.84. The van der Waals surface area contributed by atoms with Gasteiger partial charge in [-0.1, -0.05) is 27.7 Å². The molecule has 0 aliphatic carbocycles. The summed E-state index contributed by atoms with van der Waals surface area (Å²) < 4.78 is 11.5. The number of hydrogen-bond acceptors (Lipinski definition) is 4. The van der Waals surface area contributed by atoms with E-state index in [-0.39, 0.29) is 35.2 Å². The Labute approximate surface area is 102 Å². The molecule has 2 fully saturated rings. The molecule has 0 unspecified atom stereocenters. The molecule has 2 rings (SSSR count). The number of Topliss-reactive ketones (excluding diaryl/α,β-unsaturated/α-hetero) is 2. The largest absolute Gasteiger partial charge is 0.348 e. The van der Waals surface area contributed by atoms with Gasteiger partial charge in [-0.15, -0.1) is 0 Å². The van der Waals surface area contributed by atoms with Crippen molar-refractivity contribution in [2.75, 3.05) is 13.2 Å². The maximum Gasteiger partial charge on any atom is 0.187 e. The van der Waals surface area contributed by atoms with Crippen LogP contribution in [0.3, 0.4) is 0 Å². The van der Waals surface area contributed by atoms with Gasteiger partial charge in [-0.2, -0.15) is 0 Å². The Hall–Kier alpha value is -0.740. The van der Waals surface area contributed by atoms with Gasteiger partial charge in [0, 0.05) is 11.8 Å². The lowest BCUT2D eigenvalue weighted by Crippen LogP contribution is -2.62. The highest BCUT2D eigenvalue weighted by Crippen LogP contribution is 2.42. The van der Waals surface area contributed by atoms with E-state index in [0.717, 1.165) is 0 Å². The first kappa shape index (κ1) is 12.7. The summed E-state index contributed by atoms with van der Waals surface area (Å²) in [7, 11) is 0. The minimum Gasteiger partial charge on any atom is -0.348 e. The summed E-state index contributed by atoms with van der Waals surface area (Å²) in [5.74, 6) is -1.74. The molecular formula is C13H20O4. The second kappa shape index (κ2) is 4.18. The zero-order chi connectivity index (χ0) is 12.8. The fraction of sp³-hybridized carbons (Fsp3) is 0.846. The van der Waals surface area contributed by atoms with Gasteiger partial charge < -0.3 is 9.47 Å². The minimum atomic E-state index is -1.02. The SMILES string of the molecule is C[C@@H]1COC2(OC[C@@H](C)C(=O)[C@H]2C)[C@H](C)C1=O. The van der Waals surface area contributed by atoms with E-state index in [0.29, 0.717) is 13.2 Å². The molecule has 2 heterocycles. The summed E-state index contributed by atoms with van der Waals surface area (Å²) in [5.41, 5.74) is 0. The van der Waals surface area contributed by atoms with E-state index >= 15 is 0 Å². The summed E-state index contributed by atoms with van der Waals surface area (Å²) in [6.45, 7) is 7.99. The standard InChI is InChI=1S/C13H20O4/c1-7-5-16-13(9(3)11(7)14)10(4)12(15)8(2)6-17-13/h7-10H,5-6H2,1-4H3/t7-,8-,9-,10-,13?/m1/s1. The maximum absolute atomic E-state index is 12.1. The third-order valence-corrected chi connectivity index (χ3v) is 4.15. The molecule has 0 N–H and O–H groups in total. The molecule has 0 aromatic rings. The van der Waals surface area contributed by atoms with E-state index in [2.05, 4.69) is 0 Å². The topological polar surface area (TPSA) is 52.6 Å². The lowest BCUT2D eigenvalue weighted by Gasteiger charge is -2.49. The quantitative estimate of drug-likeness (QED) is 0.642. The third kappa shape index (κ3) is 1.74. The zero-order valence-electron chi connectivity index (χ0n) is 10.9. The molecule has 2 aliphatic rings. The predicted molar refractivity (Wildman–Crippen MR) is 61.3 cm³/mol. The van der Waals surface area contributed by atoms with Crippen molar-refractivity contribution < 1.29 is 19.1 Å². The van der Waals surface area contributed by atoms with Crippen LogP contribution in [0, 0.1) is 23.7 Å². The van der Waals surface area contributed by atoms with Crippen molar-refractivity contribution in [1.82, 2.24) is 0 Å². The summed E-state index contributed by atoms with van der Waals surface area (Å²) in [6, 6.07) is 0. The molecule has 0 aromatic carbocycles. The highest BCUT2D eigenvalue weighted by Gasteiger charge is 2.56. The Morgan fingerprint density at radius 3 is 1.59 bits per heavy atom. The lowest BCUT2D eigenvalue weighted by molar-refractivity contribution is -0.309. The summed E-state index contributed by atoms with van der Waals surface area (Å²) in [6.07, 6.45) is 0. The first-order valence-corrected chi connectivity index (χ1v) is 6.25. The second-order valence-electron chi connectivity index (χ2n) is 5.39. The van der Waals surface area contributed by atoms with Gasteiger partial charge in [0.25, 0.3) is 0 Å². The molecule has 0 bridgehead atoms. The van der Waals surface area contributed by atoms with E-state index < -0.39 is 5.79 Å². The third-order valence-electron chi connectivity index (χ3n) is 4.15. The number of ketones is 2. The molecule has 0 aromatic heterocycles. The number of carbonyl (C=O) groups excluding carboxylic acids is 2. The highest BCUT2D eigenvalue weighted by molar-refractivity contribution is 5.89. The van der Waals surface area contributed by atoms with E-state index in [1.54, 1.807) is 13.8 Å². The number of ether oxygens (including phenoxy) is 2. The molecule has 0 saturated carbocycles. The van der Waals surface area contributed by atoms with E-state index in [1.165, 1.54) is 0 Å². The highest BCUT2D eigenvalue weighted by atomic mass is 16.7. The molecule has 0 radical (unpaired) electrons. The predicted octanol–water partition coefficient (Wildman–Crippen LogP) is 1.43. The van der Waals surface area contributed by atoms with Gasteiger partial charge in [0.2, 0.25) is 0 Å². The van der Waals surface area contributed by atoms with Crippen molar-refractivity contribution in [3.8, 4) is 0 Å². The summed E-state index contributed by atoms with van der Waals surface area (Å²) in [5, 5.41) is 0. The van der Waals surface area contributed by atoms with Crippen molar-refractivity contribution >= 4 is 11.6 Å². The van der Waals surface area contributed by atoms with Crippen LogP contribution in [-0.2, 0) is 19.1 Å². The van der Waals surface area contributed by atoms with Crippen molar-refractivity contribution in [2.45, 2.75) is 33.5 Å². The molecule has 0 amide bonds. The van der Waals surface area contributed by atoms with Crippen molar-refractivity contribution in [3.63, 3.8) is 0 Å². The van der Waals surface area contributed by atoms with Crippen LogP contribution < -0.4 is 0 Å². The average molecular weight is 240 g/mol. The average Bonchev–Trinajstić information content (AvgIpc) is 2.32. The Balaban J connectivity index is 2.30. The van der Waals surface area contributed by atoms with Crippen molar-refractivity contribution in [2.24, 2.45) is 23.7 Å². The minimum absolute atomic E-state index is 0.110. The molecule has 2 saturated heterocycles. The Morgan fingerprint density at radius 2 is 1.24 bits per heavy atom. The summed E-state index contributed by atoms with van der Waals surface area (Å²) >= 11 is 0. The van der Waals surface area contributed by atoms with Gasteiger partial charge in [-0.05, 0) is 0 Å². The first-order valence-electron chi connectivity index (χ1n) is 6.25. The Morgan fingerprint density at radius 1 is 0.882 bits per heavy atom. The van der Waals surface area contributed by atoms with Crippen LogP contribution >= 0.6 is 0 Å². The van der Waals surface area contributed by atoms with Gasteiger partial charge in [0.05, 0.1) is 25.0 Å². The lowest BCUT2D eigenvalue weighted by atomic mass is 9.75. The molecule has 4 heteroatoms. The van der Waals surface area contributed by atoms with Crippen LogP contribution in [0.15, 0.2) is 0 Å². The smallest absolute Gasteiger partial charge is 0.187 e. The van der Waals surface area contributed by atoms with Crippen molar-refractivity contribution in [1.29, 1.82) is 0 Å². The van der Waals surface area contributed by atoms with Crippen LogP contribution in [0.2, 0.25) is 0 Å². The zero-order valence-corrected chi connectivity index (χ0v) is 10.9. The van der Waals surface area contributed by atoms with E-state index in [9.17, 15) is 9.59 Å². The van der Waals surface area contributed by atoms with Crippen LogP contribution in [0.4, 0.5) is 0 Å². The first-order chi connectivity index (χ1) is 7.90. The maximum atomic E-state index is 12.1. The van der Waals surface area contributed by atoms with E-state index in [1.807, 2.05) is 13.8 Å². The van der Waals surface area contributed by atoms with Gasteiger partial charge in [0.15, 0.2) is 5.79 Å². The van der Waals surface area contributed by atoms with Gasteiger partial charge >= 0.3 is 0 Å². The van der Waals surface area contributed by atoms with Crippen LogP contribution in [-0.4, -0.2) is 30.6 Å². The van der Waals surface area contributed by atoms with Gasteiger partial charge in [-0.25, -0.2) is 0 Å². The Kier molecular flexibility index (Phi) is 3.12. The van der Waals surface area contributed by atoms with E-state index in [4.69, 9.17) is 9.47 Å². The van der Waals surface area contributed by atoms with Crippen LogP contribution in [0.5, 0.6) is 0 Å². The molecule has 17 heavy (non-hydrogen) atoms. The molecule has 96 valence electrons. The number of rotatable bonds is 0. The molecule has 4 nitrogen and oxygen atoms in total. The Bertz CT molecular complexity index is 315. The molecule has 4 atom stereocenters. The van der Waals surface area contributed by atoms with Gasteiger partial charge in [0.1, 0.15) is 11.6 Å². The normalized spacial score (nSPS) is 47.5. The van der Waals surface area contributed by atoms with Crippen LogP contribution in [0.25, 0.3) is 0 Å². The molecular weight excluding hydrogens is 220 g/mol. The monoisotopic (exact) mass is 240 g/mol. The fourth-order valence-electron chi connectivity index (χ4n) is 2.84. The second-order valence-corrected chi connectivity index (χ2v) is 5.39. The van der Waals surface area contributed by atoms with Gasteiger partial charge in [-0.3, -0.25) is 9.59 Å². The number of carbonyl (C=O) groups is 2. The molecule has 1 spiro atoms. The van der Waals surface area contributed by atoms with Crippen LogP contribution in [0.1, 0.15) is 27.7 Å². The van der Waals surface area contributed by atoms with Crippen molar-refractivity contribution in [3.05, 3.63) is 0 Å².